The Bertz CT molecular complexity index is 1340. The van der Waals surface area contributed by atoms with E-state index in [1.807, 2.05) is 18.2 Å². The number of amides is 2. The summed E-state index contributed by atoms with van der Waals surface area (Å²) in [4.78, 5) is 45.7. The lowest BCUT2D eigenvalue weighted by atomic mass is 9.65. The molecule has 222 valence electrons. The Hall–Kier alpha value is -3.19. The average molecular weight is 577 g/mol. The number of imide groups is 1. The smallest absolute Gasteiger partial charge is 0.369 e. The summed E-state index contributed by atoms with van der Waals surface area (Å²) in [7, 11) is 1.77. The first-order chi connectivity index (χ1) is 19.5. The van der Waals surface area contributed by atoms with Gasteiger partial charge in [-0.25, -0.2) is 4.79 Å². The number of hydrogen-bond acceptors (Lipinski definition) is 8. The molecular formula is C28H35F3N6O4. The van der Waals surface area contributed by atoms with Gasteiger partial charge in [0.15, 0.2) is 0 Å². The predicted molar refractivity (Wildman–Crippen MR) is 143 cm³/mol. The molecule has 4 fully saturated rings. The Kier molecular flexibility index (Phi) is 7.21. The minimum absolute atomic E-state index is 0.0496. The van der Waals surface area contributed by atoms with E-state index in [2.05, 4.69) is 25.1 Å². The maximum absolute atomic E-state index is 13.1. The van der Waals surface area contributed by atoms with Gasteiger partial charge in [0.1, 0.15) is 0 Å². The molecule has 1 atom stereocenters. The Balaban J connectivity index is 1.15. The van der Waals surface area contributed by atoms with E-state index in [9.17, 15) is 27.6 Å². The molecule has 3 aliphatic heterocycles. The molecule has 1 aliphatic carbocycles. The van der Waals surface area contributed by atoms with Crippen LogP contribution in [0.5, 0.6) is 0 Å². The van der Waals surface area contributed by atoms with Gasteiger partial charge in [-0.1, -0.05) is 12.1 Å². The van der Waals surface area contributed by atoms with E-state index in [1.54, 1.807) is 11.7 Å². The molecule has 4 heterocycles. The monoisotopic (exact) mass is 576 g/mol. The molecule has 1 unspecified atom stereocenters. The standard InChI is InChI=1S/C28H35F3N6O4/c1-34-24-19(23(33-34)20-5-6-22(38)37(25(20)39)41-26(40)28(29,30)31)3-2-4-21(24)36-16-27(17-36)9-7-18(8-10-27)15-35-13-11-32-12-14-35/h2-4,18,20,32H,5-17H2,1H3. The van der Waals surface area contributed by atoms with Crippen LogP contribution in [0.4, 0.5) is 18.9 Å². The highest BCUT2D eigenvalue weighted by atomic mass is 19.4. The second-order valence-electron chi connectivity index (χ2n) is 12.0. The second-order valence-corrected chi connectivity index (χ2v) is 12.0. The molecule has 2 amide bonds. The number of aryl methyl sites for hydroxylation is 1. The summed E-state index contributed by atoms with van der Waals surface area (Å²) < 4.78 is 39.9. The number of nitrogens with zero attached hydrogens (tertiary/aromatic N) is 5. The van der Waals surface area contributed by atoms with E-state index < -0.39 is 29.9 Å². The number of carbonyl (C=O) groups excluding carboxylic acids is 3. The number of para-hydroxylation sites is 1. The molecule has 1 N–H and O–H groups in total. The predicted octanol–water partition coefficient (Wildman–Crippen LogP) is 2.73. The molecule has 1 aromatic heterocycles. The zero-order chi connectivity index (χ0) is 28.9. The van der Waals surface area contributed by atoms with Crippen molar-refractivity contribution in [3.05, 3.63) is 23.9 Å². The molecule has 0 radical (unpaired) electrons. The third kappa shape index (κ3) is 5.29. The number of aromatic nitrogens is 2. The van der Waals surface area contributed by atoms with Gasteiger partial charge in [0.2, 0.25) is 0 Å². The van der Waals surface area contributed by atoms with Crippen LogP contribution in [0.1, 0.15) is 50.1 Å². The number of alkyl halides is 3. The zero-order valence-corrected chi connectivity index (χ0v) is 23.1. The first kappa shape index (κ1) is 28.0. The molecule has 4 aliphatic rings. The summed E-state index contributed by atoms with van der Waals surface area (Å²) in [6.45, 7) is 7.50. The zero-order valence-electron chi connectivity index (χ0n) is 23.1. The third-order valence-electron chi connectivity index (χ3n) is 9.26. The minimum atomic E-state index is -5.33. The first-order valence-corrected chi connectivity index (χ1v) is 14.3. The van der Waals surface area contributed by atoms with Gasteiger partial charge in [0.05, 0.1) is 22.8 Å². The molecule has 0 bridgehead atoms. The quantitative estimate of drug-likeness (QED) is 0.543. The fourth-order valence-corrected chi connectivity index (χ4v) is 7.08. The van der Waals surface area contributed by atoms with E-state index in [0.29, 0.717) is 16.5 Å². The van der Waals surface area contributed by atoms with Crippen LogP contribution in [-0.4, -0.2) is 89.5 Å². The third-order valence-corrected chi connectivity index (χ3v) is 9.26. The van der Waals surface area contributed by atoms with Crippen molar-refractivity contribution < 1.29 is 32.4 Å². The molecule has 10 nitrogen and oxygen atoms in total. The van der Waals surface area contributed by atoms with E-state index >= 15 is 0 Å². The Morgan fingerprint density at radius 2 is 1.83 bits per heavy atom. The van der Waals surface area contributed by atoms with Crippen molar-refractivity contribution >= 4 is 34.4 Å². The van der Waals surface area contributed by atoms with Crippen LogP contribution in [0.3, 0.4) is 0 Å². The van der Waals surface area contributed by atoms with Crippen LogP contribution in [0, 0.1) is 11.3 Å². The number of hydrogen-bond donors (Lipinski definition) is 1. The molecule has 1 saturated carbocycles. The van der Waals surface area contributed by atoms with Crippen molar-refractivity contribution in [2.75, 3.05) is 50.7 Å². The van der Waals surface area contributed by atoms with Gasteiger partial charge >= 0.3 is 12.1 Å². The molecule has 13 heteroatoms. The van der Waals surface area contributed by atoms with Gasteiger partial charge in [-0.05, 0) is 44.1 Å². The van der Waals surface area contributed by atoms with Crippen molar-refractivity contribution in [1.29, 1.82) is 0 Å². The number of rotatable bonds is 5. The SMILES string of the molecule is Cn1nc(C2CCC(=O)N(OC(=O)C(F)(F)F)C2=O)c2cccc(N3CC4(CCC(CN5CCNCC5)CC4)C3)c21. The van der Waals surface area contributed by atoms with Gasteiger partial charge in [-0.2, -0.15) is 18.3 Å². The van der Waals surface area contributed by atoms with E-state index in [-0.39, 0.29) is 17.9 Å². The average Bonchev–Trinajstić information content (AvgIpc) is 3.26. The largest absolute Gasteiger partial charge is 0.493 e. The van der Waals surface area contributed by atoms with Gasteiger partial charge in [-0.15, -0.1) is 5.06 Å². The number of halogens is 3. The topological polar surface area (TPSA) is 100 Å². The number of benzene rings is 1. The molecule has 3 saturated heterocycles. The lowest BCUT2D eigenvalue weighted by Gasteiger charge is -2.55. The van der Waals surface area contributed by atoms with Crippen LogP contribution in [0.25, 0.3) is 10.9 Å². The Morgan fingerprint density at radius 3 is 2.51 bits per heavy atom. The van der Waals surface area contributed by atoms with Gasteiger partial charge in [0, 0.05) is 70.1 Å². The van der Waals surface area contributed by atoms with E-state index in [4.69, 9.17) is 0 Å². The van der Waals surface area contributed by atoms with Crippen LogP contribution >= 0.6 is 0 Å². The molecule has 41 heavy (non-hydrogen) atoms. The lowest BCUT2D eigenvalue weighted by Crippen LogP contribution is -2.58. The maximum Gasteiger partial charge on any atom is 0.493 e. The van der Waals surface area contributed by atoms with Gasteiger partial charge in [-0.3, -0.25) is 14.3 Å². The number of nitrogens with one attached hydrogen (secondary N) is 1. The summed E-state index contributed by atoms with van der Waals surface area (Å²) in [6, 6.07) is 5.74. The van der Waals surface area contributed by atoms with Gasteiger partial charge < -0.3 is 20.0 Å². The van der Waals surface area contributed by atoms with E-state index in [0.717, 1.165) is 56.4 Å². The maximum atomic E-state index is 13.1. The number of piperazine rings is 1. The number of fused-ring (bicyclic) bond motifs is 1. The van der Waals surface area contributed by atoms with Crippen LogP contribution in [0.15, 0.2) is 18.2 Å². The first-order valence-electron chi connectivity index (χ1n) is 14.3. The van der Waals surface area contributed by atoms with Gasteiger partial charge in [0.25, 0.3) is 11.8 Å². The van der Waals surface area contributed by atoms with Crippen LogP contribution in [-0.2, 0) is 26.3 Å². The highest BCUT2D eigenvalue weighted by Crippen LogP contribution is 2.48. The highest BCUT2D eigenvalue weighted by molar-refractivity contribution is 6.03. The fraction of sp³-hybridized carbons (Fsp3) is 0.643. The molecule has 6 rings (SSSR count). The Morgan fingerprint density at radius 1 is 1.12 bits per heavy atom. The minimum Gasteiger partial charge on any atom is -0.369 e. The summed E-state index contributed by atoms with van der Waals surface area (Å²) in [5, 5.41) is 8.64. The molecule has 2 aromatic rings. The normalized spacial score (nSPS) is 24.2. The van der Waals surface area contributed by atoms with E-state index in [1.165, 1.54) is 32.2 Å². The summed E-state index contributed by atoms with van der Waals surface area (Å²) in [5.41, 5.74) is 2.50. The number of hydroxylamine groups is 2. The van der Waals surface area contributed by atoms with Crippen LogP contribution in [0.2, 0.25) is 0 Å². The van der Waals surface area contributed by atoms with Crippen molar-refractivity contribution in [3.8, 4) is 0 Å². The van der Waals surface area contributed by atoms with Crippen LogP contribution < -0.4 is 10.2 Å². The Labute approximate surface area is 235 Å². The second kappa shape index (κ2) is 10.6. The fourth-order valence-electron chi connectivity index (χ4n) is 7.08. The molecular weight excluding hydrogens is 541 g/mol. The number of anilines is 1. The van der Waals surface area contributed by atoms with Crippen molar-refractivity contribution in [2.45, 2.75) is 50.6 Å². The summed E-state index contributed by atoms with van der Waals surface area (Å²) >= 11 is 0. The molecule has 1 aromatic carbocycles. The van der Waals surface area contributed by atoms with Crippen molar-refractivity contribution in [1.82, 2.24) is 25.1 Å². The van der Waals surface area contributed by atoms with Crippen molar-refractivity contribution in [2.24, 2.45) is 18.4 Å². The summed E-state index contributed by atoms with van der Waals surface area (Å²) in [6.07, 6.45) is -0.599. The highest BCUT2D eigenvalue weighted by Gasteiger charge is 2.48. The van der Waals surface area contributed by atoms with Crippen molar-refractivity contribution in [3.63, 3.8) is 0 Å². The molecule has 1 spiro atoms. The summed E-state index contributed by atoms with van der Waals surface area (Å²) in [5.74, 6) is -4.88. The number of piperidine rings is 1. The number of carbonyl (C=O) groups is 3. The lowest BCUT2D eigenvalue weighted by molar-refractivity contribution is -0.237.